The first-order valence-electron chi connectivity index (χ1n) is 8.32. The number of nitrogens with zero attached hydrogens (tertiary/aromatic N) is 3. The number of morpholine rings is 1. The fraction of sp³-hybridized carbons (Fsp3) is 0.500. The second kappa shape index (κ2) is 8.93. The molecule has 0 radical (unpaired) electrons. The first kappa shape index (κ1) is 17.8. The Labute approximate surface area is 149 Å². The average Bonchev–Trinajstić information content (AvgIpc) is 2.93. The molecule has 0 aliphatic carbocycles. The Hall–Kier alpha value is -1.97. The molecule has 0 spiro atoms. The van der Waals surface area contributed by atoms with Gasteiger partial charge in [-0.05, 0) is 24.1 Å². The second-order valence-corrected chi connectivity index (χ2v) is 6.64. The standard InChI is InChI=1S/C16H23N5O3S/c17-15-16(20-25(22)19-15)18-5-2-8-24-14-4-1-3-13(11-14)12-21-6-9-23-10-7-21/h1,3-4,11H,2,5-10,12H2,(H2,17,19)(H,18,20). The van der Waals surface area contributed by atoms with Crippen molar-refractivity contribution < 1.29 is 13.7 Å². The molecule has 3 rings (SSSR count). The van der Waals surface area contributed by atoms with Crippen molar-refractivity contribution in [1.29, 1.82) is 0 Å². The molecule has 136 valence electrons. The van der Waals surface area contributed by atoms with Gasteiger partial charge in [-0.15, -0.1) is 8.80 Å². The smallest absolute Gasteiger partial charge is 0.269 e. The van der Waals surface area contributed by atoms with Crippen LogP contribution >= 0.6 is 0 Å². The minimum absolute atomic E-state index is 0.190. The molecule has 1 atom stereocenters. The van der Waals surface area contributed by atoms with E-state index in [1.54, 1.807) is 0 Å². The summed E-state index contributed by atoms with van der Waals surface area (Å²) in [6.45, 7) is 5.66. The summed E-state index contributed by atoms with van der Waals surface area (Å²) in [5, 5.41) is 3.02. The van der Waals surface area contributed by atoms with Gasteiger partial charge < -0.3 is 20.5 Å². The van der Waals surface area contributed by atoms with Crippen LogP contribution in [0.25, 0.3) is 0 Å². The van der Waals surface area contributed by atoms with E-state index in [1.807, 2.05) is 12.1 Å². The summed E-state index contributed by atoms with van der Waals surface area (Å²) in [6, 6.07) is 8.18. The molecule has 1 unspecified atom stereocenters. The predicted molar refractivity (Wildman–Crippen MR) is 97.9 cm³/mol. The SMILES string of the molecule is NC1=NS(=O)N=C1NCCCOc1cccc(CN2CCOCC2)c1. The van der Waals surface area contributed by atoms with Gasteiger partial charge in [0.25, 0.3) is 11.2 Å². The number of hydrogen-bond donors (Lipinski definition) is 2. The first-order chi connectivity index (χ1) is 12.2. The molecule has 1 aromatic carbocycles. The monoisotopic (exact) mass is 365 g/mol. The van der Waals surface area contributed by atoms with Crippen molar-refractivity contribution in [2.24, 2.45) is 14.5 Å². The Bertz CT molecular complexity index is 673. The van der Waals surface area contributed by atoms with E-state index >= 15 is 0 Å². The van der Waals surface area contributed by atoms with E-state index in [-0.39, 0.29) is 5.84 Å². The lowest BCUT2D eigenvalue weighted by atomic mass is 10.2. The fourth-order valence-corrected chi connectivity index (χ4v) is 3.23. The lowest BCUT2D eigenvalue weighted by Crippen LogP contribution is -2.35. The highest BCUT2D eigenvalue weighted by atomic mass is 32.2. The predicted octanol–water partition coefficient (Wildman–Crippen LogP) is 0.225. The third-order valence-corrected chi connectivity index (χ3v) is 4.57. The highest BCUT2D eigenvalue weighted by Crippen LogP contribution is 2.15. The third kappa shape index (κ3) is 5.52. The van der Waals surface area contributed by atoms with Crippen molar-refractivity contribution in [3.8, 4) is 5.75 Å². The van der Waals surface area contributed by atoms with Crippen LogP contribution in [0.1, 0.15) is 12.0 Å². The van der Waals surface area contributed by atoms with Crippen molar-refractivity contribution in [2.45, 2.75) is 13.0 Å². The minimum Gasteiger partial charge on any atom is -0.494 e. The van der Waals surface area contributed by atoms with Gasteiger partial charge in [0.2, 0.25) is 0 Å². The first-order valence-corrected chi connectivity index (χ1v) is 9.38. The molecule has 2 heterocycles. The van der Waals surface area contributed by atoms with Crippen molar-refractivity contribution in [3.05, 3.63) is 29.8 Å². The van der Waals surface area contributed by atoms with Crippen LogP contribution in [-0.4, -0.2) is 60.2 Å². The molecule has 8 nitrogen and oxygen atoms in total. The third-order valence-electron chi connectivity index (χ3n) is 3.88. The zero-order valence-electron chi connectivity index (χ0n) is 14.0. The molecule has 0 saturated carbocycles. The molecule has 0 aromatic heterocycles. The van der Waals surface area contributed by atoms with E-state index in [0.717, 1.165) is 45.0 Å². The zero-order valence-corrected chi connectivity index (χ0v) is 14.8. The second-order valence-electron chi connectivity index (χ2n) is 5.81. The van der Waals surface area contributed by atoms with E-state index in [2.05, 4.69) is 31.1 Å². The van der Waals surface area contributed by atoms with Crippen molar-refractivity contribution in [3.63, 3.8) is 0 Å². The summed E-state index contributed by atoms with van der Waals surface area (Å²) in [5.41, 5.74) is 6.83. The number of ether oxygens (including phenoxy) is 2. The van der Waals surface area contributed by atoms with Gasteiger partial charge in [0, 0.05) is 26.2 Å². The van der Waals surface area contributed by atoms with Gasteiger partial charge in [0.05, 0.1) is 19.8 Å². The van der Waals surface area contributed by atoms with Crippen molar-refractivity contribution >= 4 is 22.8 Å². The van der Waals surface area contributed by atoms with Crippen LogP contribution < -0.4 is 15.8 Å². The molecular weight excluding hydrogens is 342 g/mol. The highest BCUT2D eigenvalue weighted by Gasteiger charge is 2.14. The van der Waals surface area contributed by atoms with Gasteiger partial charge in [0.15, 0.2) is 11.7 Å². The topological polar surface area (TPSA) is 102 Å². The Balaban J connectivity index is 1.38. The summed E-state index contributed by atoms with van der Waals surface area (Å²) in [5.74, 6) is 1.45. The van der Waals surface area contributed by atoms with Crippen LogP contribution in [0.15, 0.2) is 33.1 Å². The highest BCUT2D eigenvalue weighted by molar-refractivity contribution is 7.83. The maximum Gasteiger partial charge on any atom is 0.269 e. The number of hydrogen-bond acceptors (Lipinski definition) is 6. The Morgan fingerprint density at radius 3 is 2.92 bits per heavy atom. The number of nitrogens with two attached hydrogens (primary N) is 1. The number of amidine groups is 2. The molecular formula is C16H23N5O3S. The lowest BCUT2D eigenvalue weighted by Gasteiger charge is -2.26. The summed E-state index contributed by atoms with van der Waals surface area (Å²) in [7, 11) is 0. The van der Waals surface area contributed by atoms with E-state index in [9.17, 15) is 4.21 Å². The zero-order chi connectivity index (χ0) is 17.5. The summed E-state index contributed by atoms with van der Waals surface area (Å²) < 4.78 is 29.7. The van der Waals surface area contributed by atoms with Gasteiger partial charge >= 0.3 is 0 Å². The molecule has 2 aliphatic heterocycles. The van der Waals surface area contributed by atoms with E-state index in [4.69, 9.17) is 15.2 Å². The molecule has 1 fully saturated rings. The molecule has 25 heavy (non-hydrogen) atoms. The van der Waals surface area contributed by atoms with E-state index in [0.29, 0.717) is 19.0 Å². The number of benzene rings is 1. The number of nitrogens with one attached hydrogen (secondary N) is 1. The van der Waals surface area contributed by atoms with Crippen molar-refractivity contribution in [2.75, 3.05) is 39.5 Å². The minimum atomic E-state index is -1.58. The molecule has 1 saturated heterocycles. The van der Waals surface area contributed by atoms with Gasteiger partial charge in [-0.25, -0.2) is 4.21 Å². The molecule has 2 aliphatic rings. The molecule has 0 bridgehead atoms. The maximum atomic E-state index is 11.1. The van der Waals surface area contributed by atoms with E-state index in [1.165, 1.54) is 5.56 Å². The summed E-state index contributed by atoms with van der Waals surface area (Å²) >= 11 is -1.58. The summed E-state index contributed by atoms with van der Waals surface area (Å²) in [4.78, 5) is 2.38. The molecule has 9 heteroatoms. The van der Waals surface area contributed by atoms with E-state index < -0.39 is 11.2 Å². The maximum absolute atomic E-state index is 11.1. The van der Waals surface area contributed by atoms with Crippen LogP contribution in [0.5, 0.6) is 5.75 Å². The molecule has 3 N–H and O–H groups in total. The van der Waals surface area contributed by atoms with Gasteiger partial charge in [0.1, 0.15) is 5.75 Å². The van der Waals surface area contributed by atoms with Crippen LogP contribution in [0.3, 0.4) is 0 Å². The number of rotatable bonds is 7. The summed E-state index contributed by atoms with van der Waals surface area (Å²) in [6.07, 6.45) is 0.770. The van der Waals surface area contributed by atoms with Crippen LogP contribution in [0.4, 0.5) is 0 Å². The lowest BCUT2D eigenvalue weighted by molar-refractivity contribution is 0.0341. The van der Waals surface area contributed by atoms with Gasteiger partial charge in [-0.1, -0.05) is 12.1 Å². The fourth-order valence-electron chi connectivity index (χ4n) is 2.62. The Morgan fingerprint density at radius 1 is 1.32 bits per heavy atom. The average molecular weight is 365 g/mol. The quantitative estimate of drug-likeness (QED) is 0.671. The molecule has 1 aromatic rings. The Kier molecular flexibility index (Phi) is 6.37. The van der Waals surface area contributed by atoms with Crippen LogP contribution in [-0.2, 0) is 22.5 Å². The normalized spacial score (nSPS) is 20.9. The van der Waals surface area contributed by atoms with Crippen LogP contribution in [0, 0.1) is 0 Å². The van der Waals surface area contributed by atoms with Crippen LogP contribution in [0.2, 0.25) is 0 Å². The van der Waals surface area contributed by atoms with Gasteiger partial charge in [-0.2, -0.15) is 0 Å². The molecule has 0 amide bonds. The van der Waals surface area contributed by atoms with Crippen molar-refractivity contribution in [1.82, 2.24) is 10.2 Å². The Morgan fingerprint density at radius 2 is 2.16 bits per heavy atom. The van der Waals surface area contributed by atoms with Gasteiger partial charge in [-0.3, -0.25) is 4.90 Å². The largest absolute Gasteiger partial charge is 0.494 e.